The Morgan fingerprint density at radius 1 is 0.852 bits per heavy atom. The maximum Gasteiger partial charge on any atom is 0.251 e. The van der Waals surface area contributed by atoms with Crippen molar-refractivity contribution in [3.05, 3.63) is 29.8 Å². The summed E-state index contributed by atoms with van der Waals surface area (Å²) in [5.41, 5.74) is 0.509. The molecule has 0 spiro atoms. The van der Waals surface area contributed by atoms with E-state index in [1.165, 1.54) is 38.5 Å². The van der Waals surface area contributed by atoms with Gasteiger partial charge in [-0.05, 0) is 49.9 Å². The van der Waals surface area contributed by atoms with Crippen molar-refractivity contribution in [2.75, 3.05) is 13.1 Å². The minimum absolute atomic E-state index is 0.150. The Kier molecular flexibility index (Phi) is 7.30. The first kappa shape index (κ1) is 20.3. The number of sulfone groups is 1. The Labute approximate surface area is 163 Å². The summed E-state index contributed by atoms with van der Waals surface area (Å²) in [6.07, 6.45) is 11.2. The first-order valence-electron chi connectivity index (χ1n) is 10.4. The van der Waals surface area contributed by atoms with Gasteiger partial charge in [-0.3, -0.25) is 4.79 Å². The van der Waals surface area contributed by atoms with Gasteiger partial charge in [-0.25, -0.2) is 8.42 Å². The van der Waals surface area contributed by atoms with Crippen LogP contribution in [-0.2, 0) is 9.84 Å². The highest BCUT2D eigenvalue weighted by Crippen LogP contribution is 2.29. The van der Waals surface area contributed by atoms with Crippen LogP contribution in [0.3, 0.4) is 0 Å². The van der Waals surface area contributed by atoms with E-state index in [-0.39, 0.29) is 11.2 Å². The predicted molar refractivity (Wildman–Crippen MR) is 108 cm³/mol. The average molecular weight is 393 g/mol. The minimum atomic E-state index is -3.26. The molecule has 6 heteroatoms. The van der Waals surface area contributed by atoms with Gasteiger partial charge >= 0.3 is 0 Å². The van der Waals surface area contributed by atoms with E-state index in [4.69, 9.17) is 0 Å². The third-order valence-electron chi connectivity index (χ3n) is 5.88. The minimum Gasteiger partial charge on any atom is -0.351 e. The molecule has 0 aromatic heterocycles. The van der Waals surface area contributed by atoms with Crippen LogP contribution in [0.25, 0.3) is 0 Å². The van der Waals surface area contributed by atoms with Crippen molar-refractivity contribution in [3.63, 3.8) is 0 Å². The molecule has 0 radical (unpaired) electrons. The second-order valence-electron chi connectivity index (χ2n) is 7.87. The molecule has 0 aliphatic heterocycles. The number of carbonyl (C=O) groups excluding carboxylic acids is 1. The Morgan fingerprint density at radius 2 is 1.44 bits per heavy atom. The maximum absolute atomic E-state index is 12.6. The van der Waals surface area contributed by atoms with Crippen molar-refractivity contribution in [2.24, 2.45) is 0 Å². The van der Waals surface area contributed by atoms with Gasteiger partial charge in [0.1, 0.15) is 0 Å². The van der Waals surface area contributed by atoms with E-state index in [9.17, 15) is 13.2 Å². The van der Waals surface area contributed by atoms with Gasteiger partial charge in [-0.1, -0.05) is 38.5 Å². The number of benzene rings is 1. The summed E-state index contributed by atoms with van der Waals surface area (Å²) in [7, 11) is -3.26. The predicted octanol–water partition coefficient (Wildman–Crippen LogP) is 3.45. The van der Waals surface area contributed by atoms with Gasteiger partial charge in [-0.2, -0.15) is 0 Å². The van der Waals surface area contributed by atoms with Crippen molar-refractivity contribution in [2.45, 2.75) is 80.4 Å². The van der Waals surface area contributed by atoms with E-state index >= 15 is 0 Å². The lowest BCUT2D eigenvalue weighted by Crippen LogP contribution is -2.36. The van der Waals surface area contributed by atoms with Crippen LogP contribution < -0.4 is 10.6 Å². The molecule has 0 unspecified atom stereocenters. The molecule has 0 heterocycles. The highest BCUT2D eigenvalue weighted by Gasteiger charge is 2.30. The second kappa shape index (κ2) is 9.69. The summed E-state index contributed by atoms with van der Waals surface area (Å²) in [5.74, 6) is -0.150. The third kappa shape index (κ3) is 5.55. The standard InChI is InChI=1S/C21H32N2O3S/c24-21(23-16-15-22-18-7-3-1-2-4-8-18)17-11-13-20(14-12-17)27(25,26)19-9-5-6-10-19/h11-14,18-19,22H,1-10,15-16H2,(H,23,24). The quantitative estimate of drug-likeness (QED) is 0.550. The van der Waals surface area contributed by atoms with Crippen LogP contribution in [0.15, 0.2) is 29.2 Å². The number of amides is 1. The molecule has 3 rings (SSSR count). The van der Waals surface area contributed by atoms with Gasteiger partial charge in [0, 0.05) is 24.7 Å². The third-order valence-corrected chi connectivity index (χ3v) is 8.16. The van der Waals surface area contributed by atoms with Gasteiger partial charge in [0.25, 0.3) is 5.91 Å². The maximum atomic E-state index is 12.6. The van der Waals surface area contributed by atoms with Crippen LogP contribution in [0.4, 0.5) is 0 Å². The summed E-state index contributed by atoms with van der Waals surface area (Å²) >= 11 is 0. The molecule has 150 valence electrons. The smallest absolute Gasteiger partial charge is 0.251 e. The lowest BCUT2D eigenvalue weighted by molar-refractivity contribution is 0.0953. The van der Waals surface area contributed by atoms with Gasteiger partial charge < -0.3 is 10.6 Å². The van der Waals surface area contributed by atoms with Crippen LogP contribution in [-0.4, -0.2) is 38.7 Å². The molecule has 2 fully saturated rings. The summed E-state index contributed by atoms with van der Waals surface area (Å²) in [5, 5.41) is 6.19. The molecule has 1 amide bonds. The molecule has 0 bridgehead atoms. The Hall–Kier alpha value is -1.40. The summed E-state index contributed by atoms with van der Waals surface area (Å²) in [6.45, 7) is 1.35. The van der Waals surface area contributed by atoms with Gasteiger partial charge in [0.15, 0.2) is 9.84 Å². The molecule has 2 aliphatic carbocycles. The highest BCUT2D eigenvalue weighted by molar-refractivity contribution is 7.92. The van der Waals surface area contributed by atoms with Gasteiger partial charge in [0.05, 0.1) is 10.1 Å². The van der Waals surface area contributed by atoms with Crippen LogP contribution in [0, 0.1) is 0 Å². The van der Waals surface area contributed by atoms with Crippen LogP contribution in [0.5, 0.6) is 0 Å². The van der Waals surface area contributed by atoms with Crippen molar-refractivity contribution < 1.29 is 13.2 Å². The largest absolute Gasteiger partial charge is 0.351 e. The van der Waals surface area contributed by atoms with Crippen molar-refractivity contribution in [1.29, 1.82) is 0 Å². The first-order valence-corrected chi connectivity index (χ1v) is 12.0. The average Bonchev–Trinajstić information content (AvgIpc) is 3.11. The molecule has 27 heavy (non-hydrogen) atoms. The SMILES string of the molecule is O=C(NCCNC1CCCCCC1)c1ccc(S(=O)(=O)C2CCCC2)cc1. The topological polar surface area (TPSA) is 75.3 Å². The monoisotopic (exact) mass is 392 g/mol. The van der Waals surface area contributed by atoms with Gasteiger partial charge in [0.2, 0.25) is 0 Å². The zero-order valence-electron chi connectivity index (χ0n) is 16.1. The van der Waals surface area contributed by atoms with E-state index in [1.807, 2.05) is 0 Å². The number of carbonyl (C=O) groups is 1. The molecule has 2 aliphatic rings. The van der Waals surface area contributed by atoms with Gasteiger partial charge in [-0.15, -0.1) is 0 Å². The molecule has 1 aromatic rings. The number of nitrogens with one attached hydrogen (secondary N) is 2. The van der Waals surface area contributed by atoms with E-state index in [0.29, 0.717) is 23.0 Å². The summed E-state index contributed by atoms with van der Waals surface area (Å²) in [6, 6.07) is 6.97. The summed E-state index contributed by atoms with van der Waals surface area (Å²) in [4.78, 5) is 12.6. The fourth-order valence-electron chi connectivity index (χ4n) is 4.22. The highest BCUT2D eigenvalue weighted by atomic mass is 32.2. The first-order chi connectivity index (χ1) is 13.1. The Morgan fingerprint density at radius 3 is 2.07 bits per heavy atom. The lowest BCUT2D eigenvalue weighted by Gasteiger charge is -2.16. The number of hydrogen-bond acceptors (Lipinski definition) is 4. The molecule has 2 N–H and O–H groups in total. The lowest BCUT2D eigenvalue weighted by atomic mass is 10.1. The molecule has 0 atom stereocenters. The van der Waals surface area contributed by atoms with E-state index in [2.05, 4.69) is 10.6 Å². The summed E-state index contributed by atoms with van der Waals surface area (Å²) < 4.78 is 25.2. The number of rotatable bonds is 7. The zero-order chi connectivity index (χ0) is 19.1. The fourth-order valence-corrected chi connectivity index (χ4v) is 6.08. The van der Waals surface area contributed by atoms with Crippen LogP contribution in [0.1, 0.15) is 74.6 Å². The fraction of sp³-hybridized carbons (Fsp3) is 0.667. The van der Waals surface area contributed by atoms with Crippen molar-refractivity contribution in [3.8, 4) is 0 Å². The van der Waals surface area contributed by atoms with Crippen molar-refractivity contribution >= 4 is 15.7 Å². The van der Waals surface area contributed by atoms with Crippen molar-refractivity contribution in [1.82, 2.24) is 10.6 Å². The van der Waals surface area contributed by atoms with E-state index in [0.717, 1.165) is 32.2 Å². The van der Waals surface area contributed by atoms with Crippen LogP contribution in [0.2, 0.25) is 0 Å². The Bertz CT molecular complexity index is 701. The molecular weight excluding hydrogens is 360 g/mol. The number of hydrogen-bond donors (Lipinski definition) is 2. The second-order valence-corrected chi connectivity index (χ2v) is 10.1. The normalized spacial score (nSPS) is 19.7. The molecule has 1 aromatic carbocycles. The molecule has 0 saturated heterocycles. The molecule has 5 nitrogen and oxygen atoms in total. The van der Waals surface area contributed by atoms with Crippen LogP contribution >= 0.6 is 0 Å². The zero-order valence-corrected chi connectivity index (χ0v) is 16.9. The molecular formula is C21H32N2O3S. The van der Waals surface area contributed by atoms with E-state index < -0.39 is 9.84 Å². The Balaban J connectivity index is 1.46. The molecule has 2 saturated carbocycles. The van der Waals surface area contributed by atoms with E-state index in [1.54, 1.807) is 24.3 Å².